The Morgan fingerprint density at radius 3 is 2.80 bits per heavy atom. The first-order chi connectivity index (χ1) is 14.7. The monoisotopic (exact) mass is 406 g/mol. The Labute approximate surface area is 175 Å². The van der Waals surface area contributed by atoms with Gasteiger partial charge in [0, 0.05) is 49.6 Å². The lowest BCUT2D eigenvalue weighted by Crippen LogP contribution is -2.26. The first-order valence-electron chi connectivity index (χ1n) is 10.2. The Balaban J connectivity index is 1.51. The smallest absolute Gasteiger partial charge is 0.254 e. The number of nitrogens with one attached hydrogen (secondary N) is 1. The first kappa shape index (κ1) is 20.1. The summed E-state index contributed by atoms with van der Waals surface area (Å²) < 4.78 is 11.1. The van der Waals surface area contributed by atoms with Gasteiger partial charge in [0.2, 0.25) is 0 Å². The number of rotatable bonds is 6. The van der Waals surface area contributed by atoms with E-state index >= 15 is 0 Å². The van der Waals surface area contributed by atoms with E-state index in [4.69, 9.17) is 14.5 Å². The Morgan fingerprint density at radius 1 is 1.17 bits per heavy atom. The zero-order valence-electron chi connectivity index (χ0n) is 17.4. The van der Waals surface area contributed by atoms with Gasteiger partial charge in [-0.15, -0.1) is 0 Å². The number of ether oxygens (including phenoxy) is 2. The minimum Gasteiger partial charge on any atom is -0.493 e. The van der Waals surface area contributed by atoms with Crippen molar-refractivity contribution in [2.75, 3.05) is 26.8 Å². The molecule has 1 N–H and O–H groups in total. The van der Waals surface area contributed by atoms with Crippen LogP contribution in [-0.4, -0.2) is 46.7 Å². The van der Waals surface area contributed by atoms with E-state index in [1.165, 1.54) is 0 Å². The number of hydrogen-bond acceptors (Lipinski definition) is 6. The molecule has 3 aromatic rings. The minimum atomic E-state index is -0.0524. The summed E-state index contributed by atoms with van der Waals surface area (Å²) in [7, 11) is 1.65. The van der Waals surface area contributed by atoms with Gasteiger partial charge in [0.15, 0.2) is 11.5 Å². The van der Waals surface area contributed by atoms with Crippen LogP contribution in [0.15, 0.2) is 47.5 Å². The lowest BCUT2D eigenvalue weighted by molar-refractivity contribution is 0.277. The van der Waals surface area contributed by atoms with Gasteiger partial charge in [0.25, 0.3) is 5.56 Å². The molecule has 0 aliphatic carbocycles. The number of H-pyrrole nitrogens is 1. The highest BCUT2D eigenvalue weighted by molar-refractivity contribution is 5.53. The summed E-state index contributed by atoms with van der Waals surface area (Å²) in [4.78, 5) is 26.8. The van der Waals surface area contributed by atoms with Crippen molar-refractivity contribution in [3.8, 4) is 22.9 Å². The number of hydrogen-bond donors (Lipinski definition) is 1. The summed E-state index contributed by atoms with van der Waals surface area (Å²) in [6.07, 6.45) is 4.84. The van der Waals surface area contributed by atoms with Crippen LogP contribution in [0.4, 0.5) is 0 Å². The molecule has 2 aromatic heterocycles. The van der Waals surface area contributed by atoms with Crippen molar-refractivity contribution in [1.82, 2.24) is 19.9 Å². The number of methoxy groups -OCH3 is 1. The maximum Gasteiger partial charge on any atom is 0.254 e. The van der Waals surface area contributed by atoms with E-state index in [0.717, 1.165) is 59.9 Å². The summed E-state index contributed by atoms with van der Waals surface area (Å²) in [5, 5.41) is 0. The van der Waals surface area contributed by atoms with Gasteiger partial charge in [-0.2, -0.15) is 0 Å². The number of fused-ring (bicyclic) bond motifs is 1. The zero-order chi connectivity index (χ0) is 20.9. The molecule has 3 heterocycles. The van der Waals surface area contributed by atoms with E-state index in [9.17, 15) is 4.79 Å². The van der Waals surface area contributed by atoms with Gasteiger partial charge in [-0.1, -0.05) is 6.07 Å². The lowest BCUT2D eigenvalue weighted by Gasteiger charge is -2.20. The molecular weight excluding hydrogens is 380 g/mol. The van der Waals surface area contributed by atoms with Crippen LogP contribution in [0.3, 0.4) is 0 Å². The highest BCUT2D eigenvalue weighted by Gasteiger charge is 2.19. The van der Waals surface area contributed by atoms with Crippen LogP contribution in [-0.2, 0) is 19.4 Å². The molecule has 7 heteroatoms. The van der Waals surface area contributed by atoms with Crippen molar-refractivity contribution >= 4 is 0 Å². The van der Waals surface area contributed by atoms with Gasteiger partial charge in [-0.05, 0) is 43.2 Å². The van der Waals surface area contributed by atoms with Crippen molar-refractivity contribution < 1.29 is 9.47 Å². The molecule has 0 saturated heterocycles. The average molecular weight is 406 g/mol. The molecule has 1 aliphatic heterocycles. The SMILES string of the molecule is CCOc1ccc(CN2CCc3nc(-c4cccnc4)[nH]c(=O)c3CC2)cc1OC. The van der Waals surface area contributed by atoms with Crippen LogP contribution >= 0.6 is 0 Å². The summed E-state index contributed by atoms with van der Waals surface area (Å²) in [6, 6.07) is 9.79. The van der Waals surface area contributed by atoms with Crippen LogP contribution in [0, 0.1) is 0 Å². The molecule has 0 atom stereocenters. The third kappa shape index (κ3) is 4.36. The van der Waals surface area contributed by atoms with Crippen molar-refractivity contribution in [2.45, 2.75) is 26.3 Å². The number of aromatic nitrogens is 3. The highest BCUT2D eigenvalue weighted by Crippen LogP contribution is 2.29. The molecule has 30 heavy (non-hydrogen) atoms. The normalized spacial score (nSPS) is 14.1. The Morgan fingerprint density at radius 2 is 2.03 bits per heavy atom. The predicted molar refractivity (Wildman–Crippen MR) is 115 cm³/mol. The van der Waals surface area contributed by atoms with Crippen LogP contribution in [0.5, 0.6) is 11.5 Å². The van der Waals surface area contributed by atoms with E-state index in [1.807, 2.05) is 31.2 Å². The Bertz CT molecular complexity index is 1070. The molecule has 0 fully saturated rings. The summed E-state index contributed by atoms with van der Waals surface area (Å²) in [6.45, 7) is 4.98. The summed E-state index contributed by atoms with van der Waals surface area (Å²) in [5.41, 5.74) is 3.58. The standard InChI is InChI=1S/C23H26N4O3/c1-3-30-20-7-6-16(13-21(20)29-2)15-27-11-8-18-19(9-12-27)25-22(26-23(18)28)17-5-4-10-24-14-17/h4-7,10,13-14H,3,8-9,11-12,15H2,1-2H3,(H,25,26,28). The molecule has 0 bridgehead atoms. The quantitative estimate of drug-likeness (QED) is 0.678. The second-order valence-corrected chi connectivity index (χ2v) is 7.28. The lowest BCUT2D eigenvalue weighted by atomic mass is 10.1. The summed E-state index contributed by atoms with van der Waals surface area (Å²) >= 11 is 0. The van der Waals surface area contributed by atoms with Crippen LogP contribution in [0.1, 0.15) is 23.7 Å². The molecule has 4 rings (SSSR count). The molecule has 156 valence electrons. The summed E-state index contributed by atoms with van der Waals surface area (Å²) in [5.74, 6) is 2.08. The van der Waals surface area contributed by atoms with Gasteiger partial charge < -0.3 is 14.5 Å². The molecule has 0 radical (unpaired) electrons. The van der Waals surface area contributed by atoms with Crippen LogP contribution < -0.4 is 15.0 Å². The van der Waals surface area contributed by atoms with Gasteiger partial charge in [0.1, 0.15) is 5.82 Å². The van der Waals surface area contributed by atoms with E-state index in [0.29, 0.717) is 18.9 Å². The maximum atomic E-state index is 12.7. The third-order valence-electron chi connectivity index (χ3n) is 5.31. The first-order valence-corrected chi connectivity index (χ1v) is 10.2. The fraction of sp³-hybridized carbons (Fsp3) is 0.348. The molecule has 7 nitrogen and oxygen atoms in total. The van der Waals surface area contributed by atoms with E-state index in [-0.39, 0.29) is 5.56 Å². The van der Waals surface area contributed by atoms with Gasteiger partial charge in [-0.3, -0.25) is 14.7 Å². The van der Waals surface area contributed by atoms with Gasteiger partial charge >= 0.3 is 0 Å². The van der Waals surface area contributed by atoms with Crippen molar-refractivity contribution in [2.24, 2.45) is 0 Å². The number of benzene rings is 1. The van der Waals surface area contributed by atoms with Crippen molar-refractivity contribution in [3.05, 3.63) is 69.9 Å². The number of nitrogens with zero attached hydrogens (tertiary/aromatic N) is 3. The molecule has 0 amide bonds. The van der Waals surface area contributed by atoms with Crippen LogP contribution in [0.25, 0.3) is 11.4 Å². The third-order valence-corrected chi connectivity index (χ3v) is 5.31. The average Bonchev–Trinajstić information content (AvgIpc) is 2.98. The Kier molecular flexibility index (Phi) is 6.09. The van der Waals surface area contributed by atoms with Crippen LogP contribution in [0.2, 0.25) is 0 Å². The van der Waals surface area contributed by atoms with E-state index in [1.54, 1.807) is 19.5 Å². The largest absolute Gasteiger partial charge is 0.493 e. The molecular formula is C23H26N4O3. The fourth-order valence-electron chi connectivity index (χ4n) is 3.80. The molecule has 0 saturated carbocycles. The fourth-order valence-corrected chi connectivity index (χ4v) is 3.80. The molecule has 0 spiro atoms. The topological polar surface area (TPSA) is 80.3 Å². The number of aromatic amines is 1. The van der Waals surface area contributed by atoms with E-state index in [2.05, 4.69) is 20.9 Å². The zero-order valence-corrected chi connectivity index (χ0v) is 17.4. The number of pyridine rings is 1. The van der Waals surface area contributed by atoms with Crippen molar-refractivity contribution in [1.29, 1.82) is 0 Å². The molecule has 1 aromatic carbocycles. The van der Waals surface area contributed by atoms with E-state index < -0.39 is 0 Å². The highest BCUT2D eigenvalue weighted by atomic mass is 16.5. The Hall–Kier alpha value is -3.19. The molecule has 0 unspecified atom stereocenters. The predicted octanol–water partition coefficient (Wildman–Crippen LogP) is 2.84. The molecule has 1 aliphatic rings. The second kappa shape index (κ2) is 9.09. The maximum absolute atomic E-state index is 12.7. The van der Waals surface area contributed by atoms with Gasteiger partial charge in [0.05, 0.1) is 19.4 Å². The van der Waals surface area contributed by atoms with Gasteiger partial charge in [-0.25, -0.2) is 4.98 Å². The second-order valence-electron chi connectivity index (χ2n) is 7.28. The minimum absolute atomic E-state index is 0.0524. The van der Waals surface area contributed by atoms with Crippen molar-refractivity contribution in [3.63, 3.8) is 0 Å².